The molecular weight excluding hydrogens is 335 g/mol. The molecule has 2 aromatic rings. The third-order valence-corrected chi connectivity index (χ3v) is 6.25. The average molecular weight is 365 g/mol. The van der Waals surface area contributed by atoms with Crippen molar-refractivity contribution in [1.29, 1.82) is 5.26 Å². The summed E-state index contributed by atoms with van der Waals surface area (Å²) in [7, 11) is 0. The molecule has 2 nitrogen and oxygen atoms in total. The van der Waals surface area contributed by atoms with Crippen LogP contribution in [0.4, 0.5) is 4.39 Å². The minimum absolute atomic E-state index is 0.217. The lowest BCUT2D eigenvalue weighted by molar-refractivity contribution is -0.0660. The van der Waals surface area contributed by atoms with Crippen molar-refractivity contribution in [3.8, 4) is 17.2 Å². The van der Waals surface area contributed by atoms with Gasteiger partial charge < -0.3 is 0 Å². The third-order valence-electron chi connectivity index (χ3n) is 6.25. The van der Waals surface area contributed by atoms with Crippen LogP contribution < -0.4 is 0 Å². The standard InChI is InChI=1S/C24H29FN2/c1-23(2,3)24(13-15-26)14-16-27(18-22(24)25)17-19-9-11-21(12-10-19)20-7-5-4-6-8-20/h4-12,22H,13-14,16-18H2,1-3H3/t22-,24-/m1/s1. The molecule has 0 unspecified atom stereocenters. The van der Waals surface area contributed by atoms with Crippen LogP contribution in [-0.2, 0) is 6.54 Å². The molecule has 0 amide bonds. The van der Waals surface area contributed by atoms with Gasteiger partial charge >= 0.3 is 0 Å². The molecule has 2 aromatic carbocycles. The minimum atomic E-state index is -0.977. The van der Waals surface area contributed by atoms with E-state index < -0.39 is 11.6 Å². The Morgan fingerprint density at radius 1 is 1.07 bits per heavy atom. The van der Waals surface area contributed by atoms with Crippen LogP contribution in [0.5, 0.6) is 0 Å². The summed E-state index contributed by atoms with van der Waals surface area (Å²) in [5.74, 6) is 0. The summed E-state index contributed by atoms with van der Waals surface area (Å²) in [4.78, 5) is 2.18. The van der Waals surface area contributed by atoms with Gasteiger partial charge in [-0.1, -0.05) is 75.4 Å². The topological polar surface area (TPSA) is 27.0 Å². The van der Waals surface area contributed by atoms with Crippen LogP contribution in [0.2, 0.25) is 0 Å². The first-order valence-corrected chi connectivity index (χ1v) is 9.73. The van der Waals surface area contributed by atoms with E-state index in [9.17, 15) is 5.26 Å². The molecule has 0 radical (unpaired) electrons. The Hall–Kier alpha value is -2.18. The van der Waals surface area contributed by atoms with E-state index in [2.05, 4.69) is 68.1 Å². The van der Waals surface area contributed by atoms with Crippen LogP contribution in [0.25, 0.3) is 11.1 Å². The second-order valence-electron chi connectivity index (χ2n) is 8.76. The molecule has 1 saturated heterocycles. The summed E-state index contributed by atoms with van der Waals surface area (Å²) in [6, 6.07) is 21.1. The van der Waals surface area contributed by atoms with Gasteiger partial charge in [-0.3, -0.25) is 4.90 Å². The molecule has 2 atom stereocenters. The minimum Gasteiger partial charge on any atom is -0.296 e. The van der Waals surface area contributed by atoms with E-state index >= 15 is 4.39 Å². The van der Waals surface area contributed by atoms with Crippen molar-refractivity contribution in [3.05, 3.63) is 60.2 Å². The van der Waals surface area contributed by atoms with Crippen molar-refractivity contribution >= 4 is 0 Å². The number of likely N-dealkylation sites (tertiary alicyclic amines) is 1. The number of nitrogens with zero attached hydrogens (tertiary/aromatic N) is 2. The molecule has 3 heteroatoms. The molecule has 0 aliphatic carbocycles. The van der Waals surface area contributed by atoms with Crippen molar-refractivity contribution in [2.45, 2.75) is 46.3 Å². The van der Waals surface area contributed by atoms with Crippen LogP contribution in [0.15, 0.2) is 54.6 Å². The Morgan fingerprint density at radius 2 is 1.70 bits per heavy atom. The first-order valence-electron chi connectivity index (χ1n) is 9.73. The predicted molar refractivity (Wildman–Crippen MR) is 109 cm³/mol. The maximum Gasteiger partial charge on any atom is 0.120 e. The van der Waals surface area contributed by atoms with Gasteiger partial charge in [0, 0.05) is 24.9 Å². The van der Waals surface area contributed by atoms with Crippen molar-refractivity contribution in [3.63, 3.8) is 0 Å². The SMILES string of the molecule is CC(C)(C)[C@]1(CC#N)CCN(Cc2ccc(-c3ccccc3)cc2)C[C@H]1F. The smallest absolute Gasteiger partial charge is 0.120 e. The highest BCUT2D eigenvalue weighted by atomic mass is 19.1. The highest BCUT2D eigenvalue weighted by Gasteiger charge is 2.51. The summed E-state index contributed by atoms with van der Waals surface area (Å²) in [5, 5.41) is 9.26. The van der Waals surface area contributed by atoms with Crippen molar-refractivity contribution in [2.75, 3.05) is 13.1 Å². The number of halogens is 1. The first-order chi connectivity index (χ1) is 12.9. The quantitative estimate of drug-likeness (QED) is 0.681. The maximum atomic E-state index is 15.2. The number of nitriles is 1. The highest BCUT2D eigenvalue weighted by Crippen LogP contribution is 2.50. The van der Waals surface area contributed by atoms with Gasteiger partial charge in [0.15, 0.2) is 0 Å². The molecule has 1 aliphatic heterocycles. The molecule has 0 spiro atoms. The molecule has 0 saturated carbocycles. The van der Waals surface area contributed by atoms with Gasteiger partial charge in [0.25, 0.3) is 0 Å². The van der Waals surface area contributed by atoms with Crippen LogP contribution in [0, 0.1) is 22.2 Å². The third kappa shape index (κ3) is 4.06. The van der Waals surface area contributed by atoms with Crippen LogP contribution in [-0.4, -0.2) is 24.2 Å². The van der Waals surface area contributed by atoms with E-state index in [1.54, 1.807) is 0 Å². The van der Waals surface area contributed by atoms with E-state index in [1.165, 1.54) is 16.7 Å². The van der Waals surface area contributed by atoms with E-state index in [0.717, 1.165) is 19.5 Å². The van der Waals surface area contributed by atoms with Gasteiger partial charge in [0.1, 0.15) is 6.17 Å². The Labute approximate surface area is 162 Å². The fourth-order valence-corrected chi connectivity index (χ4v) is 4.29. The first kappa shape index (κ1) is 19.6. The van der Waals surface area contributed by atoms with E-state index in [-0.39, 0.29) is 11.8 Å². The fraction of sp³-hybridized carbons (Fsp3) is 0.458. The molecule has 3 rings (SSSR count). The second kappa shape index (κ2) is 7.82. The summed E-state index contributed by atoms with van der Waals surface area (Å²) < 4.78 is 15.2. The Bertz CT molecular complexity index is 786. The molecule has 27 heavy (non-hydrogen) atoms. The molecule has 0 N–H and O–H groups in total. The summed E-state index contributed by atoms with van der Waals surface area (Å²) >= 11 is 0. The predicted octanol–water partition coefficient (Wildman–Crippen LogP) is 5.84. The number of alkyl halides is 1. The second-order valence-corrected chi connectivity index (χ2v) is 8.76. The molecule has 1 aliphatic rings. The zero-order valence-electron chi connectivity index (χ0n) is 16.6. The number of rotatable bonds is 4. The fourth-order valence-electron chi connectivity index (χ4n) is 4.29. The normalized spacial score (nSPS) is 23.7. The zero-order valence-corrected chi connectivity index (χ0v) is 16.6. The Morgan fingerprint density at radius 3 is 2.26 bits per heavy atom. The number of hydrogen-bond donors (Lipinski definition) is 0. The molecule has 1 fully saturated rings. The number of hydrogen-bond acceptors (Lipinski definition) is 2. The molecule has 1 heterocycles. The monoisotopic (exact) mass is 364 g/mol. The summed E-state index contributed by atoms with van der Waals surface area (Å²) in [6.45, 7) is 8.18. The molecule has 142 valence electrons. The van der Waals surface area contributed by atoms with Crippen LogP contribution in [0.3, 0.4) is 0 Å². The van der Waals surface area contributed by atoms with Gasteiger partial charge in [-0.05, 0) is 35.1 Å². The Balaban J connectivity index is 1.67. The lowest BCUT2D eigenvalue weighted by atomic mass is 9.59. The molecular formula is C24H29FN2. The van der Waals surface area contributed by atoms with Gasteiger partial charge in [-0.2, -0.15) is 5.26 Å². The summed E-state index contributed by atoms with van der Waals surface area (Å²) in [5.41, 5.74) is 2.84. The number of piperidine rings is 1. The molecule has 0 bridgehead atoms. The lowest BCUT2D eigenvalue weighted by Gasteiger charge is -2.51. The lowest BCUT2D eigenvalue weighted by Crippen LogP contribution is -2.54. The van der Waals surface area contributed by atoms with Crippen LogP contribution in [0.1, 0.15) is 39.2 Å². The number of benzene rings is 2. The van der Waals surface area contributed by atoms with E-state index in [4.69, 9.17) is 0 Å². The summed E-state index contributed by atoms with van der Waals surface area (Å²) in [6.07, 6.45) is 0.0411. The van der Waals surface area contributed by atoms with Gasteiger partial charge in [0.05, 0.1) is 6.07 Å². The van der Waals surface area contributed by atoms with Crippen molar-refractivity contribution in [2.24, 2.45) is 10.8 Å². The average Bonchev–Trinajstić information content (AvgIpc) is 2.64. The highest BCUT2D eigenvalue weighted by molar-refractivity contribution is 5.63. The van der Waals surface area contributed by atoms with Gasteiger partial charge in [-0.25, -0.2) is 4.39 Å². The van der Waals surface area contributed by atoms with E-state index in [0.29, 0.717) is 6.54 Å². The Kier molecular flexibility index (Phi) is 5.67. The van der Waals surface area contributed by atoms with Gasteiger partial charge in [0.2, 0.25) is 0 Å². The van der Waals surface area contributed by atoms with Gasteiger partial charge in [-0.15, -0.1) is 0 Å². The molecule has 0 aromatic heterocycles. The van der Waals surface area contributed by atoms with Crippen molar-refractivity contribution < 1.29 is 4.39 Å². The zero-order chi connectivity index (χ0) is 19.5. The van der Waals surface area contributed by atoms with E-state index in [1.807, 2.05) is 18.2 Å². The van der Waals surface area contributed by atoms with Crippen LogP contribution >= 0.6 is 0 Å². The maximum absolute atomic E-state index is 15.2. The van der Waals surface area contributed by atoms with Crippen molar-refractivity contribution in [1.82, 2.24) is 4.90 Å². The largest absolute Gasteiger partial charge is 0.296 e.